The number of hydrogen-bond donors (Lipinski definition) is 1. The van der Waals surface area contributed by atoms with Gasteiger partial charge in [-0.2, -0.15) is 0 Å². The summed E-state index contributed by atoms with van der Waals surface area (Å²) in [6, 6.07) is 7.81. The lowest BCUT2D eigenvalue weighted by Gasteiger charge is -1.98. The van der Waals surface area contributed by atoms with Crippen LogP contribution in [0.25, 0.3) is 0 Å². The van der Waals surface area contributed by atoms with Gasteiger partial charge in [-0.3, -0.25) is 0 Å². The van der Waals surface area contributed by atoms with E-state index in [2.05, 4.69) is 9.97 Å². The SMILES string of the molecule is Cc1ccccc1CO.Cc1ncnc(C)c1C. The van der Waals surface area contributed by atoms with E-state index in [0.717, 1.165) is 22.5 Å². The Labute approximate surface area is 109 Å². The fourth-order valence-electron chi connectivity index (χ4n) is 1.45. The van der Waals surface area contributed by atoms with Crippen LogP contribution in [0.4, 0.5) is 0 Å². The summed E-state index contributed by atoms with van der Waals surface area (Å²) in [5.41, 5.74) is 5.50. The Morgan fingerprint density at radius 1 is 0.944 bits per heavy atom. The molecule has 0 bridgehead atoms. The smallest absolute Gasteiger partial charge is 0.115 e. The Balaban J connectivity index is 0.000000180. The highest BCUT2D eigenvalue weighted by Gasteiger charge is 1.95. The van der Waals surface area contributed by atoms with Crippen molar-refractivity contribution in [1.82, 2.24) is 9.97 Å². The van der Waals surface area contributed by atoms with Crippen molar-refractivity contribution in [2.24, 2.45) is 0 Å². The topological polar surface area (TPSA) is 46.0 Å². The summed E-state index contributed by atoms with van der Waals surface area (Å²) in [7, 11) is 0. The summed E-state index contributed by atoms with van der Waals surface area (Å²) in [6.07, 6.45) is 1.59. The highest BCUT2D eigenvalue weighted by atomic mass is 16.3. The van der Waals surface area contributed by atoms with Gasteiger partial charge in [0.15, 0.2) is 0 Å². The third kappa shape index (κ3) is 3.93. The average molecular weight is 244 g/mol. The van der Waals surface area contributed by atoms with Gasteiger partial charge in [0.2, 0.25) is 0 Å². The molecule has 0 aliphatic carbocycles. The molecule has 0 spiro atoms. The monoisotopic (exact) mass is 244 g/mol. The maximum Gasteiger partial charge on any atom is 0.115 e. The number of benzene rings is 1. The Morgan fingerprint density at radius 3 is 1.89 bits per heavy atom. The standard InChI is InChI=1S/C8H10O.C7H10N2/c1-7-4-2-3-5-8(7)6-9;1-5-6(2)8-4-9-7(5)3/h2-5,9H,6H2,1H3;4H,1-3H3. The second kappa shape index (κ2) is 6.87. The number of nitrogens with zero attached hydrogens (tertiary/aromatic N) is 2. The first-order chi connectivity index (χ1) is 8.56. The summed E-state index contributed by atoms with van der Waals surface area (Å²) >= 11 is 0. The largest absolute Gasteiger partial charge is 0.392 e. The van der Waals surface area contributed by atoms with Crippen molar-refractivity contribution in [2.75, 3.05) is 0 Å². The number of aryl methyl sites for hydroxylation is 3. The van der Waals surface area contributed by atoms with E-state index >= 15 is 0 Å². The van der Waals surface area contributed by atoms with Gasteiger partial charge in [0, 0.05) is 11.4 Å². The Kier molecular flexibility index (Phi) is 5.46. The van der Waals surface area contributed by atoms with E-state index in [0.29, 0.717) is 0 Å². The molecule has 0 radical (unpaired) electrons. The van der Waals surface area contributed by atoms with Crippen LogP contribution in [0.3, 0.4) is 0 Å². The third-order valence-electron chi connectivity index (χ3n) is 3.02. The fraction of sp³-hybridized carbons (Fsp3) is 0.333. The van der Waals surface area contributed by atoms with E-state index < -0.39 is 0 Å². The van der Waals surface area contributed by atoms with Crippen LogP contribution in [-0.4, -0.2) is 15.1 Å². The summed E-state index contributed by atoms with van der Waals surface area (Å²) in [5.74, 6) is 0. The first-order valence-corrected chi connectivity index (χ1v) is 5.96. The third-order valence-corrected chi connectivity index (χ3v) is 3.02. The lowest BCUT2D eigenvalue weighted by atomic mass is 10.1. The van der Waals surface area contributed by atoms with Gasteiger partial charge < -0.3 is 5.11 Å². The minimum atomic E-state index is 0.146. The average Bonchev–Trinajstić information content (AvgIpc) is 2.37. The van der Waals surface area contributed by atoms with Crippen molar-refractivity contribution in [2.45, 2.75) is 34.3 Å². The van der Waals surface area contributed by atoms with Crippen LogP contribution < -0.4 is 0 Å². The first-order valence-electron chi connectivity index (χ1n) is 5.96. The molecule has 1 heterocycles. The maximum absolute atomic E-state index is 8.72. The van der Waals surface area contributed by atoms with Crippen LogP contribution in [0.15, 0.2) is 30.6 Å². The molecule has 1 N–H and O–H groups in total. The maximum atomic E-state index is 8.72. The zero-order valence-electron chi connectivity index (χ0n) is 11.4. The zero-order chi connectivity index (χ0) is 13.5. The van der Waals surface area contributed by atoms with Crippen LogP contribution >= 0.6 is 0 Å². The number of aromatic nitrogens is 2. The summed E-state index contributed by atoms with van der Waals surface area (Å²) in [6.45, 7) is 8.15. The molecule has 0 saturated carbocycles. The van der Waals surface area contributed by atoms with Gasteiger partial charge in [-0.25, -0.2) is 9.97 Å². The van der Waals surface area contributed by atoms with Crippen LogP contribution in [0.2, 0.25) is 0 Å². The predicted molar refractivity (Wildman–Crippen MR) is 73.3 cm³/mol. The molecule has 0 atom stereocenters. The number of aliphatic hydroxyl groups excluding tert-OH is 1. The number of hydrogen-bond acceptors (Lipinski definition) is 3. The van der Waals surface area contributed by atoms with Crippen molar-refractivity contribution in [1.29, 1.82) is 0 Å². The summed E-state index contributed by atoms with van der Waals surface area (Å²) in [5, 5.41) is 8.72. The van der Waals surface area contributed by atoms with Crippen LogP contribution in [0.1, 0.15) is 28.1 Å². The molecule has 0 aliphatic rings. The quantitative estimate of drug-likeness (QED) is 0.839. The van der Waals surface area contributed by atoms with E-state index in [4.69, 9.17) is 5.11 Å². The molecule has 2 aromatic rings. The second-order valence-corrected chi connectivity index (χ2v) is 4.25. The number of aliphatic hydroxyl groups is 1. The van der Waals surface area contributed by atoms with Gasteiger partial charge in [-0.1, -0.05) is 24.3 Å². The molecule has 18 heavy (non-hydrogen) atoms. The van der Waals surface area contributed by atoms with E-state index in [1.165, 1.54) is 5.56 Å². The molecular formula is C15H20N2O. The highest BCUT2D eigenvalue weighted by Crippen LogP contribution is 2.05. The van der Waals surface area contributed by atoms with E-state index in [1.807, 2.05) is 52.0 Å². The second-order valence-electron chi connectivity index (χ2n) is 4.25. The summed E-state index contributed by atoms with van der Waals surface area (Å²) in [4.78, 5) is 8.06. The van der Waals surface area contributed by atoms with Gasteiger partial charge in [-0.15, -0.1) is 0 Å². The first kappa shape index (κ1) is 14.3. The fourth-order valence-corrected chi connectivity index (χ4v) is 1.45. The van der Waals surface area contributed by atoms with Crippen molar-refractivity contribution in [3.8, 4) is 0 Å². The van der Waals surface area contributed by atoms with Gasteiger partial charge in [0.05, 0.1) is 6.61 Å². The Morgan fingerprint density at radius 2 is 1.50 bits per heavy atom. The minimum absolute atomic E-state index is 0.146. The van der Waals surface area contributed by atoms with Crippen molar-refractivity contribution >= 4 is 0 Å². The molecule has 1 aromatic heterocycles. The van der Waals surface area contributed by atoms with E-state index in [-0.39, 0.29) is 6.61 Å². The normalized spacial score (nSPS) is 9.61. The van der Waals surface area contributed by atoms with Crippen LogP contribution in [-0.2, 0) is 6.61 Å². The van der Waals surface area contributed by atoms with Gasteiger partial charge in [0.25, 0.3) is 0 Å². The molecule has 3 heteroatoms. The lowest BCUT2D eigenvalue weighted by molar-refractivity contribution is 0.281. The van der Waals surface area contributed by atoms with Gasteiger partial charge in [0.1, 0.15) is 6.33 Å². The van der Waals surface area contributed by atoms with Crippen LogP contribution in [0, 0.1) is 27.7 Å². The lowest BCUT2D eigenvalue weighted by Crippen LogP contribution is -1.92. The zero-order valence-corrected chi connectivity index (χ0v) is 11.4. The van der Waals surface area contributed by atoms with Gasteiger partial charge in [-0.05, 0) is 44.4 Å². The highest BCUT2D eigenvalue weighted by molar-refractivity contribution is 5.24. The molecule has 96 valence electrons. The molecular weight excluding hydrogens is 224 g/mol. The molecule has 1 aromatic carbocycles. The number of rotatable bonds is 1. The molecule has 0 amide bonds. The Hall–Kier alpha value is -1.74. The molecule has 0 fully saturated rings. The molecule has 0 unspecified atom stereocenters. The van der Waals surface area contributed by atoms with Crippen molar-refractivity contribution in [3.05, 3.63) is 58.7 Å². The predicted octanol–water partition coefficient (Wildman–Crippen LogP) is 2.89. The molecule has 2 rings (SSSR count). The molecule has 0 aliphatic heterocycles. The summed E-state index contributed by atoms with van der Waals surface area (Å²) < 4.78 is 0. The molecule has 3 nitrogen and oxygen atoms in total. The van der Waals surface area contributed by atoms with Crippen molar-refractivity contribution < 1.29 is 5.11 Å². The van der Waals surface area contributed by atoms with E-state index in [9.17, 15) is 0 Å². The van der Waals surface area contributed by atoms with Gasteiger partial charge >= 0.3 is 0 Å². The molecule has 0 saturated heterocycles. The van der Waals surface area contributed by atoms with Crippen molar-refractivity contribution in [3.63, 3.8) is 0 Å². The Bertz CT molecular complexity index is 489. The minimum Gasteiger partial charge on any atom is -0.392 e. The van der Waals surface area contributed by atoms with Crippen LogP contribution in [0.5, 0.6) is 0 Å². The van der Waals surface area contributed by atoms with E-state index in [1.54, 1.807) is 6.33 Å².